The molecule has 3 nitrogen and oxygen atoms in total. The summed E-state index contributed by atoms with van der Waals surface area (Å²) in [5.74, 6) is -0.601. The topological polar surface area (TPSA) is 40.5 Å². The van der Waals surface area contributed by atoms with Crippen molar-refractivity contribution in [3.8, 4) is 0 Å². The molecular weight excluding hydrogens is 118 g/mol. The van der Waals surface area contributed by atoms with Crippen LogP contribution in [0.4, 0.5) is 0 Å². The zero-order valence-electron chi connectivity index (χ0n) is 5.13. The third kappa shape index (κ3) is 0.477. The van der Waals surface area contributed by atoms with Crippen molar-refractivity contribution in [2.24, 2.45) is 5.41 Å². The van der Waals surface area contributed by atoms with Crippen molar-refractivity contribution in [1.29, 1.82) is 0 Å². The molecule has 3 fully saturated rings. The summed E-state index contributed by atoms with van der Waals surface area (Å²) in [5.41, 5.74) is -0.319. The van der Waals surface area contributed by atoms with Gasteiger partial charge < -0.3 is 10.0 Å². The summed E-state index contributed by atoms with van der Waals surface area (Å²) in [4.78, 5) is 12.7. The van der Waals surface area contributed by atoms with E-state index in [1.807, 2.05) is 0 Å². The molecule has 3 heteroatoms. The molecule has 0 aromatic rings. The van der Waals surface area contributed by atoms with Gasteiger partial charge in [0.15, 0.2) is 0 Å². The molecule has 9 heavy (non-hydrogen) atoms. The lowest BCUT2D eigenvalue weighted by Crippen LogP contribution is -2.51. The molecule has 0 spiro atoms. The number of nitrogens with zero attached hydrogens (tertiary/aromatic N) is 1. The molecule has 0 aromatic heterocycles. The van der Waals surface area contributed by atoms with E-state index in [-0.39, 0.29) is 5.41 Å². The fraction of sp³-hybridized carbons (Fsp3) is 0.833. The summed E-state index contributed by atoms with van der Waals surface area (Å²) >= 11 is 0. The lowest BCUT2D eigenvalue weighted by Gasteiger charge is -2.35. The predicted molar refractivity (Wildman–Crippen MR) is 31.1 cm³/mol. The van der Waals surface area contributed by atoms with Gasteiger partial charge in [0.25, 0.3) is 0 Å². The first-order valence-electron chi connectivity index (χ1n) is 3.19. The fourth-order valence-corrected chi connectivity index (χ4v) is 1.74. The minimum absolute atomic E-state index is 0.319. The van der Waals surface area contributed by atoms with Crippen molar-refractivity contribution < 1.29 is 9.90 Å². The Bertz CT molecular complexity index is 155. The van der Waals surface area contributed by atoms with E-state index >= 15 is 0 Å². The van der Waals surface area contributed by atoms with Gasteiger partial charge in [-0.15, -0.1) is 0 Å². The first kappa shape index (κ1) is 5.23. The molecule has 3 saturated heterocycles. The molecule has 3 aliphatic rings. The predicted octanol–water partition coefficient (Wildman–Crippen LogP) is -0.223. The molecule has 0 atom stereocenters. The van der Waals surface area contributed by atoms with Crippen LogP contribution in [0.1, 0.15) is 6.42 Å². The van der Waals surface area contributed by atoms with Gasteiger partial charge in [0, 0.05) is 13.1 Å². The summed E-state index contributed by atoms with van der Waals surface area (Å²) in [5, 5.41) is 8.68. The van der Waals surface area contributed by atoms with E-state index in [2.05, 4.69) is 4.90 Å². The van der Waals surface area contributed by atoms with Crippen LogP contribution in [-0.4, -0.2) is 35.6 Å². The zero-order chi connectivity index (χ0) is 6.48. The van der Waals surface area contributed by atoms with Crippen LogP contribution in [0.3, 0.4) is 0 Å². The van der Waals surface area contributed by atoms with Gasteiger partial charge in [0.05, 0.1) is 5.41 Å². The molecule has 0 amide bonds. The third-order valence-corrected chi connectivity index (χ3v) is 2.41. The number of hydrogen-bond donors (Lipinski definition) is 1. The first-order valence-corrected chi connectivity index (χ1v) is 3.19. The molecule has 0 unspecified atom stereocenters. The second kappa shape index (κ2) is 1.29. The number of carboxylic acids is 1. The van der Waals surface area contributed by atoms with Crippen molar-refractivity contribution in [1.82, 2.24) is 4.90 Å². The van der Waals surface area contributed by atoms with Crippen LogP contribution in [0.5, 0.6) is 0 Å². The summed E-state index contributed by atoms with van der Waals surface area (Å²) in [6.45, 7) is 2.58. The van der Waals surface area contributed by atoms with E-state index in [9.17, 15) is 4.79 Å². The molecule has 1 N–H and O–H groups in total. The van der Waals surface area contributed by atoms with Crippen LogP contribution in [0.2, 0.25) is 0 Å². The van der Waals surface area contributed by atoms with Gasteiger partial charge in [0.1, 0.15) is 0 Å². The maximum atomic E-state index is 10.5. The van der Waals surface area contributed by atoms with Crippen LogP contribution in [0.15, 0.2) is 0 Å². The van der Waals surface area contributed by atoms with Crippen LogP contribution in [0, 0.1) is 5.41 Å². The van der Waals surface area contributed by atoms with Gasteiger partial charge in [-0.25, -0.2) is 0 Å². The lowest BCUT2D eigenvalue weighted by molar-refractivity contribution is -0.153. The molecule has 0 radical (unpaired) electrons. The highest BCUT2D eigenvalue weighted by Crippen LogP contribution is 2.41. The number of carbonyl (C=O) groups is 1. The molecule has 2 bridgehead atoms. The molecule has 0 aromatic carbocycles. The first-order chi connectivity index (χ1) is 4.23. The van der Waals surface area contributed by atoms with Gasteiger partial charge in [-0.1, -0.05) is 0 Å². The minimum Gasteiger partial charge on any atom is -0.481 e. The van der Waals surface area contributed by atoms with Gasteiger partial charge in [-0.3, -0.25) is 4.79 Å². The standard InChI is InChI=1S/C6H9NO2/c8-5(9)6-1-2-7(3-6)4-6/h1-4H2,(H,8,9). The van der Waals surface area contributed by atoms with E-state index in [1.54, 1.807) is 0 Å². The zero-order valence-corrected chi connectivity index (χ0v) is 5.13. The Labute approximate surface area is 53.3 Å². The van der Waals surface area contributed by atoms with Crippen molar-refractivity contribution in [3.63, 3.8) is 0 Å². The normalized spacial score (nSPS) is 46.4. The maximum absolute atomic E-state index is 10.5. The van der Waals surface area contributed by atoms with Crippen LogP contribution in [-0.2, 0) is 4.79 Å². The van der Waals surface area contributed by atoms with E-state index < -0.39 is 5.97 Å². The lowest BCUT2D eigenvalue weighted by atomic mass is 9.84. The molecule has 3 aliphatic heterocycles. The van der Waals surface area contributed by atoms with Gasteiger partial charge >= 0.3 is 5.97 Å². The Kier molecular flexibility index (Phi) is 0.750. The summed E-state index contributed by atoms with van der Waals surface area (Å²) in [6.07, 6.45) is 0.863. The van der Waals surface area contributed by atoms with Gasteiger partial charge in [-0.05, 0) is 13.0 Å². The molecule has 3 heterocycles. The van der Waals surface area contributed by atoms with E-state index in [4.69, 9.17) is 5.11 Å². The quantitative estimate of drug-likeness (QED) is 0.529. The molecule has 3 rings (SSSR count). The van der Waals surface area contributed by atoms with Crippen molar-refractivity contribution in [2.45, 2.75) is 6.42 Å². The Morgan fingerprint density at radius 2 is 2.22 bits per heavy atom. The van der Waals surface area contributed by atoms with E-state index in [1.165, 1.54) is 0 Å². The molecular formula is C6H9NO2. The largest absolute Gasteiger partial charge is 0.481 e. The summed E-state index contributed by atoms with van der Waals surface area (Å²) < 4.78 is 0. The monoisotopic (exact) mass is 127 g/mol. The fourth-order valence-electron chi connectivity index (χ4n) is 1.74. The van der Waals surface area contributed by atoms with Gasteiger partial charge in [0.2, 0.25) is 0 Å². The molecule has 0 saturated carbocycles. The van der Waals surface area contributed by atoms with Crippen LogP contribution < -0.4 is 0 Å². The van der Waals surface area contributed by atoms with Crippen molar-refractivity contribution >= 4 is 5.97 Å². The van der Waals surface area contributed by atoms with Crippen molar-refractivity contribution in [2.75, 3.05) is 19.6 Å². The number of aliphatic carboxylic acids is 1. The Hall–Kier alpha value is -0.570. The highest BCUT2D eigenvalue weighted by molar-refractivity contribution is 5.77. The Balaban J connectivity index is 2.19. The SMILES string of the molecule is O=C(O)C12CCN(C1)C2. The van der Waals surface area contributed by atoms with Gasteiger partial charge in [-0.2, -0.15) is 0 Å². The highest BCUT2D eigenvalue weighted by atomic mass is 16.4. The van der Waals surface area contributed by atoms with Crippen LogP contribution >= 0.6 is 0 Å². The smallest absolute Gasteiger partial charge is 0.312 e. The van der Waals surface area contributed by atoms with Crippen molar-refractivity contribution in [3.05, 3.63) is 0 Å². The third-order valence-electron chi connectivity index (χ3n) is 2.41. The maximum Gasteiger partial charge on any atom is 0.312 e. The van der Waals surface area contributed by atoms with E-state index in [0.717, 1.165) is 26.1 Å². The number of carboxylic acid groups (broad SMARTS) is 1. The minimum atomic E-state index is -0.601. The second-order valence-corrected chi connectivity index (χ2v) is 3.05. The Morgan fingerprint density at radius 1 is 1.56 bits per heavy atom. The summed E-state index contributed by atoms with van der Waals surface area (Å²) in [6, 6.07) is 0. The van der Waals surface area contributed by atoms with E-state index in [0.29, 0.717) is 0 Å². The highest BCUT2D eigenvalue weighted by Gasteiger charge is 2.54. The summed E-state index contributed by atoms with van der Waals surface area (Å²) in [7, 11) is 0. The number of fused-ring (bicyclic) bond motifs is 1. The average Bonchev–Trinajstić information content (AvgIpc) is 2.13. The molecule has 0 aliphatic carbocycles. The molecule has 50 valence electrons. The van der Waals surface area contributed by atoms with Crippen LogP contribution in [0.25, 0.3) is 0 Å². The number of hydrogen-bond acceptors (Lipinski definition) is 2. The Morgan fingerprint density at radius 3 is 2.44 bits per heavy atom. The average molecular weight is 127 g/mol. The second-order valence-electron chi connectivity index (χ2n) is 3.05. The number of rotatable bonds is 1.